The van der Waals surface area contributed by atoms with Gasteiger partial charge in [0.15, 0.2) is 0 Å². The highest BCUT2D eigenvalue weighted by Gasteiger charge is 2.34. The Bertz CT molecular complexity index is 170. The lowest BCUT2D eigenvalue weighted by atomic mass is 9.94. The molecule has 3 heteroatoms. The van der Waals surface area contributed by atoms with Gasteiger partial charge in [0.05, 0.1) is 5.60 Å². The van der Waals surface area contributed by atoms with Gasteiger partial charge in [-0.25, -0.2) is 0 Å². The molecule has 1 unspecified atom stereocenters. The van der Waals surface area contributed by atoms with Crippen molar-refractivity contribution in [2.45, 2.75) is 51.8 Å². The lowest BCUT2D eigenvalue weighted by Crippen LogP contribution is -2.62. The molecule has 0 saturated carbocycles. The van der Waals surface area contributed by atoms with Crippen LogP contribution in [0.1, 0.15) is 34.6 Å². The zero-order valence-corrected chi connectivity index (χ0v) is 10.1. The quantitative estimate of drug-likeness (QED) is 0.658. The zero-order valence-electron chi connectivity index (χ0n) is 10.1. The smallest absolute Gasteiger partial charge is 0.0756 e. The Morgan fingerprint density at radius 2 is 1.79 bits per heavy atom. The molecule has 0 radical (unpaired) electrons. The first kappa shape index (κ1) is 12.0. The molecule has 0 aliphatic carbocycles. The van der Waals surface area contributed by atoms with Crippen LogP contribution >= 0.6 is 0 Å². The molecule has 14 heavy (non-hydrogen) atoms. The third kappa shape index (κ3) is 2.94. The maximum absolute atomic E-state index is 9.94. The molecule has 1 fully saturated rings. The largest absolute Gasteiger partial charge is 0.389 e. The molecule has 0 aromatic carbocycles. The van der Waals surface area contributed by atoms with Crippen LogP contribution < -0.4 is 5.32 Å². The van der Waals surface area contributed by atoms with Gasteiger partial charge in [0, 0.05) is 31.2 Å². The van der Waals surface area contributed by atoms with Crippen molar-refractivity contribution in [3.8, 4) is 0 Å². The van der Waals surface area contributed by atoms with Crippen LogP contribution in [0.3, 0.4) is 0 Å². The summed E-state index contributed by atoms with van der Waals surface area (Å²) >= 11 is 0. The summed E-state index contributed by atoms with van der Waals surface area (Å²) in [7, 11) is 0. The summed E-state index contributed by atoms with van der Waals surface area (Å²) in [5.74, 6) is 0. The molecule has 0 amide bonds. The van der Waals surface area contributed by atoms with Crippen molar-refractivity contribution < 1.29 is 5.11 Å². The van der Waals surface area contributed by atoms with Crippen molar-refractivity contribution in [1.29, 1.82) is 0 Å². The van der Waals surface area contributed by atoms with E-state index in [2.05, 4.69) is 31.0 Å². The highest BCUT2D eigenvalue weighted by atomic mass is 16.3. The van der Waals surface area contributed by atoms with E-state index in [-0.39, 0.29) is 11.6 Å². The standard InChI is InChI=1S/C11H24N2O/c1-10(2,3)13-7-6-12-9(8-13)11(4,5)14/h9,12,14H,6-8H2,1-5H3. The van der Waals surface area contributed by atoms with Gasteiger partial charge >= 0.3 is 0 Å². The van der Waals surface area contributed by atoms with Gasteiger partial charge in [0.1, 0.15) is 0 Å². The Hall–Kier alpha value is -0.120. The number of aliphatic hydroxyl groups is 1. The first-order valence-corrected chi connectivity index (χ1v) is 5.42. The van der Waals surface area contributed by atoms with E-state index in [1.54, 1.807) is 0 Å². The summed E-state index contributed by atoms with van der Waals surface area (Å²) in [6.45, 7) is 13.4. The van der Waals surface area contributed by atoms with Crippen LogP contribution in [0.5, 0.6) is 0 Å². The van der Waals surface area contributed by atoms with Crippen molar-refractivity contribution >= 4 is 0 Å². The minimum atomic E-state index is -0.635. The molecule has 0 bridgehead atoms. The van der Waals surface area contributed by atoms with Gasteiger partial charge < -0.3 is 10.4 Å². The highest BCUT2D eigenvalue weighted by molar-refractivity contribution is 4.93. The normalized spacial score (nSPS) is 26.6. The molecule has 1 saturated heterocycles. The third-order valence-electron chi connectivity index (χ3n) is 2.98. The van der Waals surface area contributed by atoms with Crippen molar-refractivity contribution in [2.75, 3.05) is 19.6 Å². The van der Waals surface area contributed by atoms with Crippen LogP contribution in [-0.4, -0.2) is 46.8 Å². The van der Waals surface area contributed by atoms with Gasteiger partial charge in [-0.05, 0) is 34.6 Å². The molecule has 0 aromatic heterocycles. The van der Waals surface area contributed by atoms with Crippen LogP contribution in [-0.2, 0) is 0 Å². The molecule has 1 heterocycles. The second-order valence-corrected chi connectivity index (χ2v) is 5.78. The maximum Gasteiger partial charge on any atom is 0.0756 e. The van der Waals surface area contributed by atoms with E-state index in [1.165, 1.54) is 0 Å². The Kier molecular flexibility index (Phi) is 3.24. The fraction of sp³-hybridized carbons (Fsp3) is 1.00. The number of hydrogen-bond donors (Lipinski definition) is 2. The summed E-state index contributed by atoms with van der Waals surface area (Å²) in [6.07, 6.45) is 0. The fourth-order valence-corrected chi connectivity index (χ4v) is 1.83. The molecule has 1 atom stereocenters. The van der Waals surface area contributed by atoms with Crippen molar-refractivity contribution in [2.24, 2.45) is 0 Å². The Morgan fingerprint density at radius 3 is 2.21 bits per heavy atom. The van der Waals surface area contributed by atoms with E-state index in [1.807, 2.05) is 13.8 Å². The molecule has 1 aliphatic rings. The van der Waals surface area contributed by atoms with E-state index in [9.17, 15) is 5.11 Å². The van der Waals surface area contributed by atoms with Crippen molar-refractivity contribution in [1.82, 2.24) is 10.2 Å². The van der Waals surface area contributed by atoms with E-state index in [0.29, 0.717) is 0 Å². The minimum absolute atomic E-state index is 0.176. The summed E-state index contributed by atoms with van der Waals surface area (Å²) in [6, 6.07) is 0.176. The van der Waals surface area contributed by atoms with E-state index in [4.69, 9.17) is 0 Å². The molecular formula is C11H24N2O. The van der Waals surface area contributed by atoms with Gasteiger partial charge in [-0.3, -0.25) is 4.90 Å². The number of nitrogens with zero attached hydrogens (tertiary/aromatic N) is 1. The van der Waals surface area contributed by atoms with Gasteiger partial charge in [0.2, 0.25) is 0 Å². The molecule has 84 valence electrons. The molecule has 0 spiro atoms. The fourth-order valence-electron chi connectivity index (χ4n) is 1.83. The third-order valence-corrected chi connectivity index (χ3v) is 2.98. The lowest BCUT2D eigenvalue weighted by Gasteiger charge is -2.45. The second-order valence-electron chi connectivity index (χ2n) is 5.78. The summed E-state index contributed by atoms with van der Waals surface area (Å²) in [4.78, 5) is 2.42. The van der Waals surface area contributed by atoms with Gasteiger partial charge in [-0.1, -0.05) is 0 Å². The molecular weight excluding hydrogens is 176 g/mol. The lowest BCUT2D eigenvalue weighted by molar-refractivity contribution is -0.0100. The van der Waals surface area contributed by atoms with Crippen LogP contribution in [0.25, 0.3) is 0 Å². The SMILES string of the molecule is CC(C)(O)C1CN(C(C)(C)C)CCN1. The van der Waals surface area contributed by atoms with Gasteiger partial charge in [-0.2, -0.15) is 0 Å². The molecule has 2 N–H and O–H groups in total. The Labute approximate surface area is 87.5 Å². The van der Waals surface area contributed by atoms with Gasteiger partial charge in [-0.15, -0.1) is 0 Å². The maximum atomic E-state index is 9.94. The predicted molar refractivity (Wildman–Crippen MR) is 59.4 cm³/mol. The summed E-state index contributed by atoms with van der Waals surface area (Å²) < 4.78 is 0. The number of rotatable bonds is 1. The first-order valence-electron chi connectivity index (χ1n) is 5.42. The topological polar surface area (TPSA) is 35.5 Å². The molecule has 1 rings (SSSR count). The second kappa shape index (κ2) is 3.80. The predicted octanol–water partition coefficient (Wildman–Crippen LogP) is 0.830. The van der Waals surface area contributed by atoms with Crippen LogP contribution in [0.2, 0.25) is 0 Å². The Morgan fingerprint density at radius 1 is 1.21 bits per heavy atom. The van der Waals surface area contributed by atoms with E-state index >= 15 is 0 Å². The zero-order chi connectivity index (χ0) is 11.0. The first-order chi connectivity index (χ1) is 6.21. The average molecular weight is 200 g/mol. The van der Waals surface area contributed by atoms with Gasteiger partial charge in [0.25, 0.3) is 0 Å². The summed E-state index contributed by atoms with van der Waals surface area (Å²) in [5.41, 5.74) is -0.435. The number of nitrogens with one attached hydrogen (secondary N) is 1. The van der Waals surface area contributed by atoms with Crippen LogP contribution in [0.4, 0.5) is 0 Å². The number of hydrogen-bond acceptors (Lipinski definition) is 3. The van der Waals surface area contributed by atoms with Crippen molar-refractivity contribution in [3.05, 3.63) is 0 Å². The highest BCUT2D eigenvalue weighted by Crippen LogP contribution is 2.19. The molecule has 3 nitrogen and oxygen atoms in total. The summed E-state index contributed by atoms with van der Waals surface area (Å²) in [5, 5.41) is 13.3. The van der Waals surface area contributed by atoms with Crippen molar-refractivity contribution in [3.63, 3.8) is 0 Å². The van der Waals surface area contributed by atoms with E-state index in [0.717, 1.165) is 19.6 Å². The van der Waals surface area contributed by atoms with Crippen LogP contribution in [0.15, 0.2) is 0 Å². The van der Waals surface area contributed by atoms with Crippen LogP contribution in [0, 0.1) is 0 Å². The molecule has 0 aromatic rings. The number of piperazine rings is 1. The monoisotopic (exact) mass is 200 g/mol. The minimum Gasteiger partial charge on any atom is -0.389 e. The molecule has 1 aliphatic heterocycles. The Balaban J connectivity index is 2.61. The average Bonchev–Trinajstić information content (AvgIpc) is 2.01. The van der Waals surface area contributed by atoms with E-state index < -0.39 is 5.60 Å².